The van der Waals surface area contributed by atoms with Crippen molar-refractivity contribution in [1.29, 1.82) is 0 Å². The van der Waals surface area contributed by atoms with Gasteiger partial charge in [0.1, 0.15) is 17.3 Å². The van der Waals surface area contributed by atoms with Crippen LogP contribution in [-0.2, 0) is 17.1 Å². The molecule has 0 aliphatic carbocycles. The van der Waals surface area contributed by atoms with Gasteiger partial charge < -0.3 is 0 Å². The van der Waals surface area contributed by atoms with Gasteiger partial charge in [-0.3, -0.25) is 0 Å². The van der Waals surface area contributed by atoms with E-state index in [-0.39, 0.29) is 0 Å². The van der Waals surface area contributed by atoms with Crippen LogP contribution in [0.3, 0.4) is 0 Å². The van der Waals surface area contributed by atoms with Crippen LogP contribution in [0, 0.1) is 6.92 Å². The minimum Gasteiger partial charge on any atom is -0.236 e. The third-order valence-electron chi connectivity index (χ3n) is 2.56. The maximum atomic E-state index is 12.2. The van der Waals surface area contributed by atoms with E-state index in [2.05, 4.69) is 0 Å². The predicted octanol–water partition coefficient (Wildman–Crippen LogP) is 0.858. The molecule has 0 amide bonds. The highest BCUT2D eigenvalue weighted by molar-refractivity contribution is 7.90. The third kappa shape index (κ3) is 1.63. The molecule has 0 fully saturated rings. The first-order valence-corrected chi connectivity index (χ1v) is 6.31. The molecule has 0 radical (unpaired) electrons. The molecule has 16 heavy (non-hydrogen) atoms. The summed E-state index contributed by atoms with van der Waals surface area (Å²) in [4.78, 5) is 0.300. The minimum absolute atomic E-state index is 0.300. The Hall–Kier alpha value is -1.62. The Morgan fingerprint density at radius 3 is 2.31 bits per heavy atom. The molecule has 0 N–H and O–H groups in total. The van der Waals surface area contributed by atoms with E-state index in [1.54, 1.807) is 54.2 Å². The van der Waals surface area contributed by atoms with Crippen LogP contribution in [0.25, 0.3) is 0 Å². The van der Waals surface area contributed by atoms with Crippen molar-refractivity contribution in [2.75, 3.05) is 0 Å². The van der Waals surface area contributed by atoms with Gasteiger partial charge >= 0.3 is 10.0 Å². The Labute approximate surface area is 94.8 Å². The summed E-state index contributed by atoms with van der Waals surface area (Å²) in [5, 5.41) is 0. The number of hydrogen-bond donors (Lipinski definition) is 0. The first kappa shape index (κ1) is 10.9. The Balaban J connectivity index is 2.61. The molecule has 1 aromatic carbocycles. The summed E-state index contributed by atoms with van der Waals surface area (Å²) >= 11 is 0. The Morgan fingerprint density at radius 1 is 1.19 bits per heavy atom. The fourth-order valence-electron chi connectivity index (χ4n) is 1.49. The summed E-state index contributed by atoms with van der Waals surface area (Å²) in [6, 6.07) is 8.41. The van der Waals surface area contributed by atoms with Gasteiger partial charge in [0.2, 0.25) is 0 Å². The molecular formula is C11H13N2O2S+. The second-order valence-electron chi connectivity index (χ2n) is 3.57. The summed E-state index contributed by atoms with van der Waals surface area (Å²) < 4.78 is 27.5. The minimum atomic E-state index is -3.45. The van der Waals surface area contributed by atoms with Crippen LogP contribution in [-0.4, -0.2) is 12.4 Å². The number of hydrogen-bond acceptors (Lipinski definition) is 2. The zero-order chi connectivity index (χ0) is 11.8. The van der Waals surface area contributed by atoms with Gasteiger partial charge in [-0.2, -0.15) is 8.42 Å². The molecule has 1 aromatic heterocycles. The monoisotopic (exact) mass is 237 g/mol. The van der Waals surface area contributed by atoms with E-state index in [4.69, 9.17) is 0 Å². The number of benzene rings is 1. The SMILES string of the molecule is Cc1n(S(=O)(=O)c2ccccc2)cc[n+]1C. The molecule has 2 aromatic rings. The van der Waals surface area contributed by atoms with Crippen molar-refractivity contribution in [1.82, 2.24) is 3.97 Å². The molecule has 0 saturated carbocycles. The lowest BCUT2D eigenvalue weighted by atomic mass is 10.4. The van der Waals surface area contributed by atoms with Gasteiger partial charge in [0, 0.05) is 6.92 Å². The van der Waals surface area contributed by atoms with E-state index >= 15 is 0 Å². The largest absolute Gasteiger partial charge is 0.335 e. The average molecular weight is 237 g/mol. The summed E-state index contributed by atoms with van der Waals surface area (Å²) in [6.45, 7) is 1.76. The zero-order valence-corrected chi connectivity index (χ0v) is 9.98. The van der Waals surface area contributed by atoms with Crippen LogP contribution >= 0.6 is 0 Å². The lowest BCUT2D eigenvalue weighted by Crippen LogP contribution is -2.31. The highest BCUT2D eigenvalue weighted by Crippen LogP contribution is 2.13. The van der Waals surface area contributed by atoms with Crippen molar-refractivity contribution in [3.05, 3.63) is 48.5 Å². The smallest absolute Gasteiger partial charge is 0.236 e. The number of aryl methyl sites for hydroxylation is 1. The molecule has 0 aliphatic rings. The van der Waals surface area contributed by atoms with Gasteiger partial charge in [0.15, 0.2) is 0 Å². The van der Waals surface area contributed by atoms with E-state index in [0.29, 0.717) is 10.7 Å². The molecule has 0 saturated heterocycles. The van der Waals surface area contributed by atoms with Crippen LogP contribution in [0.15, 0.2) is 47.6 Å². The first-order valence-electron chi connectivity index (χ1n) is 4.87. The van der Waals surface area contributed by atoms with Gasteiger partial charge in [-0.05, 0) is 12.1 Å². The van der Waals surface area contributed by atoms with Gasteiger partial charge in [0.05, 0.1) is 7.05 Å². The second kappa shape index (κ2) is 3.75. The Morgan fingerprint density at radius 2 is 1.81 bits per heavy atom. The van der Waals surface area contributed by atoms with Crippen molar-refractivity contribution in [3.63, 3.8) is 0 Å². The summed E-state index contributed by atoms with van der Waals surface area (Å²) in [5.41, 5.74) is 0. The highest BCUT2D eigenvalue weighted by atomic mass is 32.2. The van der Waals surface area contributed by atoms with E-state index in [1.165, 1.54) is 3.97 Å². The molecule has 0 atom stereocenters. The third-order valence-corrected chi connectivity index (χ3v) is 4.33. The molecule has 1 heterocycles. The molecule has 0 spiro atoms. The van der Waals surface area contributed by atoms with Crippen molar-refractivity contribution in [3.8, 4) is 0 Å². The number of nitrogens with zero attached hydrogens (tertiary/aromatic N) is 2. The molecular weight excluding hydrogens is 224 g/mol. The summed E-state index contributed by atoms with van der Waals surface area (Å²) in [5.74, 6) is 0.670. The van der Waals surface area contributed by atoms with Crippen LogP contribution < -0.4 is 4.57 Å². The Kier molecular flexibility index (Phi) is 2.55. The van der Waals surface area contributed by atoms with E-state index in [0.717, 1.165) is 0 Å². The van der Waals surface area contributed by atoms with Crippen LogP contribution in [0.1, 0.15) is 5.82 Å². The maximum Gasteiger partial charge on any atom is 0.335 e. The second-order valence-corrected chi connectivity index (χ2v) is 5.39. The molecule has 0 bridgehead atoms. The fraction of sp³-hybridized carbons (Fsp3) is 0.182. The quantitative estimate of drug-likeness (QED) is 0.727. The van der Waals surface area contributed by atoms with E-state index in [1.807, 2.05) is 7.05 Å². The first-order chi connectivity index (χ1) is 7.53. The van der Waals surface area contributed by atoms with E-state index < -0.39 is 10.0 Å². The summed E-state index contributed by atoms with van der Waals surface area (Å²) in [7, 11) is -1.64. The van der Waals surface area contributed by atoms with Crippen LogP contribution in [0.2, 0.25) is 0 Å². The van der Waals surface area contributed by atoms with Crippen molar-refractivity contribution in [2.45, 2.75) is 11.8 Å². The lowest BCUT2D eigenvalue weighted by Gasteiger charge is -2.00. The number of aromatic nitrogens is 2. The van der Waals surface area contributed by atoms with Crippen LogP contribution in [0.5, 0.6) is 0 Å². The lowest BCUT2D eigenvalue weighted by molar-refractivity contribution is -0.676. The highest BCUT2D eigenvalue weighted by Gasteiger charge is 2.25. The number of rotatable bonds is 2. The van der Waals surface area contributed by atoms with Gasteiger partial charge in [-0.25, -0.2) is 4.57 Å². The summed E-state index contributed by atoms with van der Waals surface area (Å²) in [6.07, 6.45) is 3.27. The van der Waals surface area contributed by atoms with Crippen LogP contribution in [0.4, 0.5) is 0 Å². The zero-order valence-electron chi connectivity index (χ0n) is 9.16. The molecule has 0 unspecified atom stereocenters. The molecule has 84 valence electrons. The molecule has 5 heteroatoms. The average Bonchev–Trinajstić information content (AvgIpc) is 2.61. The van der Waals surface area contributed by atoms with Crippen molar-refractivity contribution >= 4 is 10.0 Å². The van der Waals surface area contributed by atoms with Gasteiger partial charge in [0.25, 0.3) is 5.82 Å². The topological polar surface area (TPSA) is 43.0 Å². The molecule has 2 rings (SSSR count). The normalized spacial score (nSPS) is 11.6. The van der Waals surface area contributed by atoms with Crippen molar-refractivity contribution in [2.24, 2.45) is 7.05 Å². The fourth-order valence-corrected chi connectivity index (χ4v) is 2.91. The van der Waals surface area contributed by atoms with Crippen molar-refractivity contribution < 1.29 is 13.0 Å². The predicted molar refractivity (Wildman–Crippen MR) is 59.4 cm³/mol. The van der Waals surface area contributed by atoms with Gasteiger partial charge in [-0.15, -0.1) is 3.97 Å². The van der Waals surface area contributed by atoms with Gasteiger partial charge in [-0.1, -0.05) is 18.2 Å². The standard InChI is InChI=1S/C11H13N2O2S/c1-10-12(2)8-9-13(10)16(14,15)11-6-4-3-5-7-11/h3-9H,1-2H3/q+1. The molecule has 0 aliphatic heterocycles. The van der Waals surface area contributed by atoms with E-state index in [9.17, 15) is 8.42 Å². The maximum absolute atomic E-state index is 12.2. The number of imidazole rings is 1. The molecule has 4 nitrogen and oxygen atoms in total. The Bertz CT molecular complexity index is 600.